The van der Waals surface area contributed by atoms with E-state index in [1.807, 2.05) is 24.3 Å². The van der Waals surface area contributed by atoms with Gasteiger partial charge in [-0.1, -0.05) is 49.2 Å². The van der Waals surface area contributed by atoms with Crippen molar-refractivity contribution in [3.63, 3.8) is 0 Å². The molecule has 2 rings (SSSR count). The van der Waals surface area contributed by atoms with E-state index in [-0.39, 0.29) is 11.8 Å². The first kappa shape index (κ1) is 19.3. The van der Waals surface area contributed by atoms with E-state index in [0.717, 1.165) is 5.56 Å². The SMILES string of the molecule is CC(C)C(NCCS(=O)(=O)c1ccc(Cl)cc1)c1ccc(Cl)cc1. The first-order chi connectivity index (χ1) is 11.3. The Morgan fingerprint density at radius 1 is 0.917 bits per heavy atom. The lowest BCUT2D eigenvalue weighted by Gasteiger charge is -2.23. The van der Waals surface area contributed by atoms with Gasteiger partial charge in [0.15, 0.2) is 9.84 Å². The molecule has 3 nitrogen and oxygen atoms in total. The number of rotatable bonds is 7. The number of sulfone groups is 1. The largest absolute Gasteiger partial charge is 0.309 e. The van der Waals surface area contributed by atoms with Gasteiger partial charge in [0.2, 0.25) is 0 Å². The Kier molecular flexibility index (Phi) is 6.70. The number of benzene rings is 2. The molecule has 1 N–H and O–H groups in total. The zero-order chi connectivity index (χ0) is 17.7. The predicted molar refractivity (Wildman–Crippen MR) is 101 cm³/mol. The van der Waals surface area contributed by atoms with Crippen molar-refractivity contribution in [1.29, 1.82) is 0 Å². The summed E-state index contributed by atoms with van der Waals surface area (Å²) in [4.78, 5) is 0.293. The molecule has 0 amide bonds. The molecule has 0 saturated carbocycles. The summed E-state index contributed by atoms with van der Waals surface area (Å²) < 4.78 is 24.8. The van der Waals surface area contributed by atoms with Crippen molar-refractivity contribution < 1.29 is 8.42 Å². The van der Waals surface area contributed by atoms with Gasteiger partial charge < -0.3 is 5.32 Å². The second-order valence-corrected chi connectivity index (χ2v) is 8.98. The van der Waals surface area contributed by atoms with E-state index in [0.29, 0.717) is 27.4 Å². The van der Waals surface area contributed by atoms with Crippen LogP contribution in [0.4, 0.5) is 0 Å². The van der Waals surface area contributed by atoms with Crippen molar-refractivity contribution in [1.82, 2.24) is 5.32 Å². The predicted octanol–water partition coefficient (Wildman–Crippen LogP) is 4.75. The fourth-order valence-electron chi connectivity index (χ4n) is 2.52. The van der Waals surface area contributed by atoms with Gasteiger partial charge in [0, 0.05) is 22.6 Å². The Labute approximate surface area is 153 Å². The summed E-state index contributed by atoms with van der Waals surface area (Å²) in [6.45, 7) is 4.57. The van der Waals surface area contributed by atoms with Crippen LogP contribution in [0.1, 0.15) is 25.5 Å². The Morgan fingerprint density at radius 2 is 1.42 bits per heavy atom. The maximum Gasteiger partial charge on any atom is 0.179 e. The van der Waals surface area contributed by atoms with Gasteiger partial charge in [-0.2, -0.15) is 0 Å². The van der Waals surface area contributed by atoms with Crippen LogP contribution in [0.25, 0.3) is 0 Å². The lowest BCUT2D eigenvalue weighted by Crippen LogP contribution is -2.30. The van der Waals surface area contributed by atoms with Gasteiger partial charge in [0.1, 0.15) is 0 Å². The first-order valence-corrected chi connectivity index (χ1v) is 10.2. The third kappa shape index (κ3) is 5.21. The number of halogens is 2. The van der Waals surface area contributed by atoms with Gasteiger partial charge in [-0.05, 0) is 47.9 Å². The molecule has 24 heavy (non-hydrogen) atoms. The van der Waals surface area contributed by atoms with Crippen LogP contribution in [0.2, 0.25) is 10.0 Å². The van der Waals surface area contributed by atoms with Crippen LogP contribution in [0.15, 0.2) is 53.4 Å². The van der Waals surface area contributed by atoms with Gasteiger partial charge in [-0.3, -0.25) is 0 Å². The van der Waals surface area contributed by atoms with Crippen LogP contribution in [-0.4, -0.2) is 20.7 Å². The molecule has 2 aromatic carbocycles. The van der Waals surface area contributed by atoms with Crippen molar-refractivity contribution in [3.8, 4) is 0 Å². The second-order valence-electron chi connectivity index (χ2n) is 6.00. The molecule has 0 radical (unpaired) electrons. The zero-order valence-electron chi connectivity index (χ0n) is 13.7. The van der Waals surface area contributed by atoms with Gasteiger partial charge in [-0.25, -0.2) is 8.42 Å². The minimum Gasteiger partial charge on any atom is -0.309 e. The quantitative estimate of drug-likeness (QED) is 0.747. The summed E-state index contributed by atoms with van der Waals surface area (Å²) in [6.07, 6.45) is 0. The van der Waals surface area contributed by atoms with Gasteiger partial charge in [0.25, 0.3) is 0 Å². The van der Waals surface area contributed by atoms with Crippen molar-refractivity contribution >= 4 is 33.0 Å². The molecule has 0 aliphatic rings. The third-order valence-electron chi connectivity index (χ3n) is 3.80. The van der Waals surface area contributed by atoms with Crippen LogP contribution < -0.4 is 5.32 Å². The summed E-state index contributed by atoms with van der Waals surface area (Å²) in [7, 11) is -3.33. The van der Waals surface area contributed by atoms with Gasteiger partial charge in [0.05, 0.1) is 10.6 Å². The molecular weight excluding hydrogens is 365 g/mol. The number of nitrogens with one attached hydrogen (secondary N) is 1. The Balaban J connectivity index is 2.02. The molecule has 130 valence electrons. The molecule has 0 spiro atoms. The Morgan fingerprint density at radius 3 is 1.92 bits per heavy atom. The standard InChI is InChI=1S/C18H21Cl2NO2S/c1-13(2)18(14-3-5-15(19)6-4-14)21-11-12-24(22,23)17-9-7-16(20)8-10-17/h3-10,13,18,21H,11-12H2,1-2H3. The van der Waals surface area contributed by atoms with Crippen LogP contribution >= 0.6 is 23.2 Å². The summed E-state index contributed by atoms with van der Waals surface area (Å²) in [5.41, 5.74) is 1.10. The molecule has 0 aliphatic heterocycles. The highest BCUT2D eigenvalue weighted by atomic mass is 35.5. The number of hydrogen-bond donors (Lipinski definition) is 1. The molecule has 0 saturated heterocycles. The lowest BCUT2D eigenvalue weighted by atomic mass is 9.96. The van der Waals surface area contributed by atoms with Crippen molar-refractivity contribution in [2.24, 2.45) is 5.92 Å². The lowest BCUT2D eigenvalue weighted by molar-refractivity contribution is 0.421. The highest BCUT2D eigenvalue weighted by Gasteiger charge is 2.18. The Hall–Kier alpha value is -1.07. The smallest absolute Gasteiger partial charge is 0.179 e. The summed E-state index contributed by atoms with van der Waals surface area (Å²) >= 11 is 11.7. The van der Waals surface area contributed by atoms with Crippen LogP contribution in [0, 0.1) is 5.92 Å². The topological polar surface area (TPSA) is 46.2 Å². The molecular formula is C18H21Cl2NO2S. The molecule has 1 unspecified atom stereocenters. The highest BCUT2D eigenvalue weighted by Crippen LogP contribution is 2.23. The molecule has 0 bridgehead atoms. The van der Waals surface area contributed by atoms with Crippen molar-refractivity contribution in [3.05, 3.63) is 64.1 Å². The minimum absolute atomic E-state index is 0.0332. The minimum atomic E-state index is -3.33. The van der Waals surface area contributed by atoms with E-state index in [2.05, 4.69) is 19.2 Å². The van der Waals surface area contributed by atoms with Crippen LogP contribution in [0.5, 0.6) is 0 Å². The molecule has 6 heteroatoms. The Bertz CT molecular complexity index is 757. The highest BCUT2D eigenvalue weighted by molar-refractivity contribution is 7.91. The molecule has 0 aliphatic carbocycles. The van der Waals surface area contributed by atoms with Crippen molar-refractivity contribution in [2.75, 3.05) is 12.3 Å². The average Bonchev–Trinajstić information content (AvgIpc) is 2.53. The average molecular weight is 386 g/mol. The summed E-state index contributed by atoms with van der Waals surface area (Å²) in [5, 5.41) is 4.55. The molecule has 0 fully saturated rings. The second kappa shape index (κ2) is 8.34. The monoisotopic (exact) mass is 385 g/mol. The fraction of sp³-hybridized carbons (Fsp3) is 0.333. The zero-order valence-corrected chi connectivity index (χ0v) is 16.0. The number of hydrogen-bond acceptors (Lipinski definition) is 3. The summed E-state index contributed by atoms with van der Waals surface area (Å²) in [5.74, 6) is 0.357. The third-order valence-corrected chi connectivity index (χ3v) is 6.04. The van der Waals surface area contributed by atoms with Gasteiger partial charge in [-0.15, -0.1) is 0 Å². The van der Waals surface area contributed by atoms with E-state index in [1.165, 1.54) is 12.1 Å². The van der Waals surface area contributed by atoms with E-state index < -0.39 is 9.84 Å². The van der Waals surface area contributed by atoms with E-state index in [1.54, 1.807) is 12.1 Å². The van der Waals surface area contributed by atoms with E-state index in [9.17, 15) is 8.42 Å². The van der Waals surface area contributed by atoms with Gasteiger partial charge >= 0.3 is 0 Å². The van der Waals surface area contributed by atoms with E-state index in [4.69, 9.17) is 23.2 Å². The maximum atomic E-state index is 12.4. The first-order valence-electron chi connectivity index (χ1n) is 7.77. The molecule has 2 aromatic rings. The van der Waals surface area contributed by atoms with Crippen LogP contribution in [-0.2, 0) is 9.84 Å². The van der Waals surface area contributed by atoms with Crippen molar-refractivity contribution in [2.45, 2.75) is 24.8 Å². The maximum absolute atomic E-state index is 12.4. The summed E-state index contributed by atoms with van der Waals surface area (Å²) in [6, 6.07) is 14.0. The fourth-order valence-corrected chi connectivity index (χ4v) is 3.94. The molecule has 0 heterocycles. The van der Waals surface area contributed by atoms with E-state index >= 15 is 0 Å². The molecule has 1 atom stereocenters. The molecule has 0 aromatic heterocycles. The van der Waals surface area contributed by atoms with Crippen LogP contribution in [0.3, 0.4) is 0 Å². The normalized spacial score (nSPS) is 13.2.